The van der Waals surface area contributed by atoms with E-state index >= 15 is 0 Å². The molecule has 2 atom stereocenters. The van der Waals surface area contributed by atoms with E-state index in [1.54, 1.807) is 0 Å². The Morgan fingerprint density at radius 3 is 2.67 bits per heavy atom. The Kier molecular flexibility index (Phi) is 5.65. The zero-order valence-electron chi connectivity index (χ0n) is 13.5. The molecule has 1 aromatic carbocycles. The largest absolute Gasteiger partial charge is 0.493 e. The number of para-hydroxylation sites is 1. The summed E-state index contributed by atoms with van der Waals surface area (Å²) >= 11 is 0. The Labute approximate surface area is 128 Å². The molecule has 0 spiro atoms. The highest BCUT2D eigenvalue weighted by atomic mass is 16.5. The molecule has 21 heavy (non-hydrogen) atoms. The first-order valence-electron chi connectivity index (χ1n) is 8.20. The first kappa shape index (κ1) is 16.3. The predicted molar refractivity (Wildman–Crippen MR) is 84.9 cm³/mol. The van der Waals surface area contributed by atoms with Crippen LogP contribution in [0.5, 0.6) is 5.75 Å². The van der Waals surface area contributed by atoms with Gasteiger partial charge in [0.25, 0.3) is 0 Å². The van der Waals surface area contributed by atoms with Gasteiger partial charge in [-0.2, -0.15) is 0 Å². The number of hydrogen-bond donors (Lipinski definition) is 1. The quantitative estimate of drug-likeness (QED) is 0.828. The summed E-state index contributed by atoms with van der Waals surface area (Å²) in [7, 11) is 0. The van der Waals surface area contributed by atoms with Crippen LogP contribution in [-0.4, -0.2) is 30.0 Å². The normalized spacial score (nSPS) is 19.7. The molecule has 3 nitrogen and oxygen atoms in total. The van der Waals surface area contributed by atoms with Crippen molar-refractivity contribution in [1.82, 2.24) is 0 Å². The summed E-state index contributed by atoms with van der Waals surface area (Å²) < 4.78 is 11.6. The van der Waals surface area contributed by atoms with Gasteiger partial charge in [-0.1, -0.05) is 32.0 Å². The summed E-state index contributed by atoms with van der Waals surface area (Å²) in [6.45, 7) is 7.56. The lowest BCUT2D eigenvalue weighted by atomic mass is 9.80. The Balaban J connectivity index is 2.14. The molecule has 1 aromatic rings. The van der Waals surface area contributed by atoms with Gasteiger partial charge in [0.1, 0.15) is 5.75 Å². The zero-order valence-corrected chi connectivity index (χ0v) is 13.5. The van der Waals surface area contributed by atoms with Gasteiger partial charge in [0.15, 0.2) is 0 Å². The van der Waals surface area contributed by atoms with E-state index in [9.17, 15) is 5.11 Å². The van der Waals surface area contributed by atoms with E-state index < -0.39 is 11.7 Å². The fraction of sp³-hybridized carbons (Fsp3) is 0.667. The molecule has 0 saturated carbocycles. The molecule has 0 fully saturated rings. The molecule has 0 saturated heterocycles. The lowest BCUT2D eigenvalue weighted by molar-refractivity contribution is -0.129. The SMILES string of the molecule is CCOC(CC)(CC)C(O)CC1CCOc2ccccc21. The Morgan fingerprint density at radius 2 is 2.00 bits per heavy atom. The molecule has 0 amide bonds. The van der Waals surface area contributed by atoms with Gasteiger partial charge in [-0.3, -0.25) is 0 Å². The van der Waals surface area contributed by atoms with Crippen LogP contribution in [0.3, 0.4) is 0 Å². The van der Waals surface area contributed by atoms with E-state index in [-0.39, 0.29) is 0 Å². The lowest BCUT2D eigenvalue weighted by Crippen LogP contribution is -2.45. The third-order valence-corrected chi connectivity index (χ3v) is 4.83. The first-order valence-corrected chi connectivity index (χ1v) is 8.20. The molecule has 1 N–H and O–H groups in total. The third-order valence-electron chi connectivity index (χ3n) is 4.83. The Bertz CT molecular complexity index is 440. The summed E-state index contributed by atoms with van der Waals surface area (Å²) in [6.07, 6.45) is 2.93. The van der Waals surface area contributed by atoms with Crippen LogP contribution in [0.1, 0.15) is 57.9 Å². The van der Waals surface area contributed by atoms with Gasteiger partial charge < -0.3 is 14.6 Å². The minimum Gasteiger partial charge on any atom is -0.493 e. The highest BCUT2D eigenvalue weighted by molar-refractivity contribution is 5.37. The fourth-order valence-electron chi connectivity index (χ4n) is 3.45. The topological polar surface area (TPSA) is 38.7 Å². The van der Waals surface area contributed by atoms with E-state index in [1.807, 2.05) is 25.1 Å². The number of aliphatic hydroxyl groups excluding tert-OH is 1. The summed E-state index contributed by atoms with van der Waals surface area (Å²) in [5.41, 5.74) is 0.808. The van der Waals surface area contributed by atoms with Gasteiger partial charge in [-0.05, 0) is 50.2 Å². The highest BCUT2D eigenvalue weighted by Crippen LogP contribution is 2.39. The van der Waals surface area contributed by atoms with Crippen molar-refractivity contribution in [3.05, 3.63) is 29.8 Å². The summed E-state index contributed by atoms with van der Waals surface area (Å²) in [5.74, 6) is 1.32. The molecule has 118 valence electrons. The lowest BCUT2D eigenvalue weighted by Gasteiger charge is -2.38. The minimum absolute atomic E-state index is 0.350. The number of aliphatic hydroxyl groups is 1. The van der Waals surface area contributed by atoms with E-state index in [4.69, 9.17) is 9.47 Å². The second-order valence-electron chi connectivity index (χ2n) is 5.83. The molecule has 3 heteroatoms. The molecule has 2 unspecified atom stereocenters. The van der Waals surface area contributed by atoms with E-state index in [1.165, 1.54) is 5.56 Å². The van der Waals surface area contributed by atoms with Gasteiger partial charge in [0.2, 0.25) is 0 Å². The second kappa shape index (κ2) is 7.28. The zero-order chi connectivity index (χ0) is 15.3. The number of fused-ring (bicyclic) bond motifs is 1. The van der Waals surface area contributed by atoms with Crippen molar-refractivity contribution >= 4 is 0 Å². The van der Waals surface area contributed by atoms with E-state index in [0.717, 1.165) is 38.0 Å². The number of hydrogen-bond acceptors (Lipinski definition) is 3. The maximum Gasteiger partial charge on any atom is 0.122 e. The monoisotopic (exact) mass is 292 g/mol. The summed E-state index contributed by atoms with van der Waals surface area (Å²) in [4.78, 5) is 0. The van der Waals surface area contributed by atoms with Crippen LogP contribution in [0, 0.1) is 0 Å². The molecule has 1 aliphatic rings. The van der Waals surface area contributed by atoms with Crippen molar-refractivity contribution in [3.8, 4) is 5.75 Å². The Hall–Kier alpha value is -1.06. The standard InChI is InChI=1S/C18H28O3/c1-4-18(5-2,21-6-3)17(19)13-14-11-12-20-16-10-8-7-9-15(14)16/h7-10,14,17,19H,4-6,11-13H2,1-3H3. The van der Waals surface area contributed by atoms with Gasteiger partial charge in [-0.25, -0.2) is 0 Å². The molecule has 0 aromatic heterocycles. The Morgan fingerprint density at radius 1 is 1.29 bits per heavy atom. The average Bonchev–Trinajstić information content (AvgIpc) is 2.53. The highest BCUT2D eigenvalue weighted by Gasteiger charge is 2.37. The van der Waals surface area contributed by atoms with Crippen LogP contribution in [0.2, 0.25) is 0 Å². The van der Waals surface area contributed by atoms with Gasteiger partial charge in [0.05, 0.1) is 18.3 Å². The van der Waals surface area contributed by atoms with Gasteiger partial charge in [0, 0.05) is 6.61 Å². The molecule has 1 aliphatic heterocycles. The number of rotatable bonds is 7. The molecule has 0 aliphatic carbocycles. The van der Waals surface area contributed by atoms with Crippen LogP contribution < -0.4 is 4.74 Å². The smallest absolute Gasteiger partial charge is 0.122 e. The molecular formula is C18H28O3. The molecule has 2 rings (SSSR count). The van der Waals surface area contributed by atoms with Crippen LogP contribution in [-0.2, 0) is 4.74 Å². The van der Waals surface area contributed by atoms with Crippen LogP contribution in [0.4, 0.5) is 0 Å². The summed E-state index contributed by atoms with van der Waals surface area (Å²) in [5, 5.41) is 10.8. The van der Waals surface area contributed by atoms with Crippen molar-refractivity contribution in [1.29, 1.82) is 0 Å². The fourth-order valence-corrected chi connectivity index (χ4v) is 3.45. The van der Waals surface area contributed by atoms with Crippen LogP contribution in [0.25, 0.3) is 0 Å². The molecule has 0 radical (unpaired) electrons. The van der Waals surface area contributed by atoms with Crippen molar-refractivity contribution in [3.63, 3.8) is 0 Å². The van der Waals surface area contributed by atoms with Gasteiger partial charge >= 0.3 is 0 Å². The van der Waals surface area contributed by atoms with Crippen molar-refractivity contribution in [2.24, 2.45) is 0 Å². The number of benzene rings is 1. The number of ether oxygens (including phenoxy) is 2. The average molecular weight is 292 g/mol. The van der Waals surface area contributed by atoms with Crippen molar-refractivity contribution < 1.29 is 14.6 Å². The molecule has 1 heterocycles. The van der Waals surface area contributed by atoms with Gasteiger partial charge in [-0.15, -0.1) is 0 Å². The minimum atomic E-state index is -0.441. The second-order valence-corrected chi connectivity index (χ2v) is 5.83. The van der Waals surface area contributed by atoms with Crippen LogP contribution in [0.15, 0.2) is 24.3 Å². The van der Waals surface area contributed by atoms with E-state index in [0.29, 0.717) is 12.5 Å². The third kappa shape index (κ3) is 3.41. The first-order chi connectivity index (χ1) is 10.2. The van der Waals surface area contributed by atoms with Crippen molar-refractivity contribution in [2.75, 3.05) is 13.2 Å². The van der Waals surface area contributed by atoms with Crippen molar-refractivity contribution in [2.45, 2.75) is 64.1 Å². The molecule has 0 bridgehead atoms. The summed E-state index contributed by atoms with van der Waals surface area (Å²) in [6, 6.07) is 8.18. The maximum atomic E-state index is 10.8. The maximum absolute atomic E-state index is 10.8. The predicted octanol–water partition coefficient (Wildman–Crippen LogP) is 3.90. The molecular weight excluding hydrogens is 264 g/mol. The van der Waals surface area contributed by atoms with E-state index in [2.05, 4.69) is 19.9 Å². The van der Waals surface area contributed by atoms with Crippen LogP contribution >= 0.6 is 0 Å².